The van der Waals surface area contributed by atoms with Gasteiger partial charge in [0.15, 0.2) is 0 Å². The molecular formula is C12H17N3O. The average molecular weight is 219 g/mol. The second-order valence-electron chi connectivity index (χ2n) is 4.05. The molecule has 16 heavy (non-hydrogen) atoms. The largest absolute Gasteiger partial charge is 0.473 e. The van der Waals surface area contributed by atoms with Gasteiger partial charge in [-0.1, -0.05) is 12.2 Å². The molecule has 0 radical (unpaired) electrons. The first-order valence-corrected chi connectivity index (χ1v) is 5.60. The summed E-state index contributed by atoms with van der Waals surface area (Å²) in [5, 5.41) is 0. The molecule has 1 fully saturated rings. The van der Waals surface area contributed by atoms with Crippen LogP contribution in [0.5, 0.6) is 5.88 Å². The van der Waals surface area contributed by atoms with Gasteiger partial charge in [-0.15, -0.1) is 0 Å². The Labute approximate surface area is 95.5 Å². The van der Waals surface area contributed by atoms with Gasteiger partial charge in [0.05, 0.1) is 5.56 Å². The van der Waals surface area contributed by atoms with Gasteiger partial charge in [0.25, 0.3) is 0 Å². The van der Waals surface area contributed by atoms with E-state index in [1.165, 1.54) is 0 Å². The molecule has 0 unspecified atom stereocenters. The maximum absolute atomic E-state index is 5.84. The van der Waals surface area contributed by atoms with Crippen LogP contribution in [0.1, 0.15) is 37.1 Å². The first-order valence-electron chi connectivity index (χ1n) is 5.60. The summed E-state index contributed by atoms with van der Waals surface area (Å²) in [7, 11) is 0. The number of hydrogen-bond acceptors (Lipinski definition) is 4. The third-order valence-corrected chi connectivity index (χ3v) is 2.65. The van der Waals surface area contributed by atoms with Gasteiger partial charge in [-0.05, 0) is 26.7 Å². The summed E-state index contributed by atoms with van der Waals surface area (Å²) in [4.78, 5) is 8.71. The summed E-state index contributed by atoms with van der Waals surface area (Å²) in [5.74, 6) is 2.48. The average Bonchev–Trinajstić information content (AvgIpc) is 3.08. The van der Waals surface area contributed by atoms with Crippen LogP contribution in [0.4, 0.5) is 5.82 Å². The van der Waals surface area contributed by atoms with E-state index in [1.54, 1.807) is 0 Å². The zero-order valence-electron chi connectivity index (χ0n) is 9.73. The Morgan fingerprint density at radius 3 is 2.81 bits per heavy atom. The Bertz CT molecular complexity index is 411. The summed E-state index contributed by atoms with van der Waals surface area (Å²) in [6.07, 6.45) is 6.21. The van der Waals surface area contributed by atoms with Crippen LogP contribution in [0.3, 0.4) is 0 Å². The van der Waals surface area contributed by atoms with Gasteiger partial charge in [0, 0.05) is 5.92 Å². The highest BCUT2D eigenvalue weighted by Crippen LogP contribution is 2.39. The number of allylic oxidation sites excluding steroid dienone is 1. The predicted molar refractivity (Wildman–Crippen MR) is 63.5 cm³/mol. The van der Waals surface area contributed by atoms with E-state index in [2.05, 4.69) is 9.97 Å². The summed E-state index contributed by atoms with van der Waals surface area (Å²) < 4.78 is 5.56. The number of nitrogens with two attached hydrogens (primary N) is 1. The second kappa shape index (κ2) is 4.51. The lowest BCUT2D eigenvalue weighted by Gasteiger charge is -2.09. The number of aromatic nitrogens is 2. The number of ether oxygens (including phenoxy) is 1. The summed E-state index contributed by atoms with van der Waals surface area (Å²) in [6.45, 7) is 4.37. The van der Waals surface area contributed by atoms with E-state index in [4.69, 9.17) is 10.5 Å². The number of anilines is 1. The fraction of sp³-hybridized carbons (Fsp3) is 0.500. The molecule has 1 heterocycles. The molecule has 0 bridgehead atoms. The van der Waals surface area contributed by atoms with Crippen LogP contribution in [0.15, 0.2) is 12.2 Å². The van der Waals surface area contributed by atoms with Crippen molar-refractivity contribution in [1.29, 1.82) is 0 Å². The Balaban J connectivity index is 2.20. The minimum atomic E-state index is 0.493. The third kappa shape index (κ3) is 2.32. The van der Waals surface area contributed by atoms with Crippen molar-refractivity contribution < 1.29 is 4.74 Å². The van der Waals surface area contributed by atoms with Crippen LogP contribution < -0.4 is 10.5 Å². The van der Waals surface area contributed by atoms with Crippen LogP contribution in [0.2, 0.25) is 0 Å². The lowest BCUT2D eigenvalue weighted by atomic mass is 10.3. The Kier molecular flexibility index (Phi) is 3.08. The number of hydrogen-bond donors (Lipinski definition) is 1. The minimum Gasteiger partial charge on any atom is -0.473 e. The molecule has 0 atom stereocenters. The summed E-state index contributed by atoms with van der Waals surface area (Å²) >= 11 is 0. The molecule has 1 aliphatic rings. The van der Waals surface area contributed by atoms with Crippen LogP contribution in [-0.4, -0.2) is 16.6 Å². The number of nitrogens with zero attached hydrogens (tertiary/aromatic N) is 2. The maximum atomic E-state index is 5.84. The smallest absolute Gasteiger partial charge is 0.222 e. The highest BCUT2D eigenvalue weighted by Gasteiger charge is 2.28. The van der Waals surface area contributed by atoms with Gasteiger partial charge < -0.3 is 10.5 Å². The van der Waals surface area contributed by atoms with Crippen molar-refractivity contribution in [1.82, 2.24) is 9.97 Å². The number of rotatable bonds is 4. The molecule has 0 spiro atoms. The standard InChI is InChI=1S/C12H17N3O/c1-3-4-7-16-12-8(2)10(13)14-11(15-12)9-5-6-9/h3-4,9H,5-7H2,1-2H3,(H2,13,14,15)/b4-3+. The quantitative estimate of drug-likeness (QED) is 0.788. The molecular weight excluding hydrogens is 202 g/mol. The molecule has 0 amide bonds. The van der Waals surface area contributed by atoms with Crippen molar-refractivity contribution in [2.24, 2.45) is 0 Å². The lowest BCUT2D eigenvalue weighted by Crippen LogP contribution is -2.06. The topological polar surface area (TPSA) is 61.0 Å². The van der Waals surface area contributed by atoms with Crippen molar-refractivity contribution in [2.75, 3.05) is 12.3 Å². The van der Waals surface area contributed by atoms with E-state index in [-0.39, 0.29) is 0 Å². The molecule has 0 saturated heterocycles. The van der Waals surface area contributed by atoms with Crippen molar-refractivity contribution >= 4 is 5.82 Å². The summed E-state index contributed by atoms with van der Waals surface area (Å²) in [5.41, 5.74) is 6.67. The van der Waals surface area contributed by atoms with Crippen LogP contribution >= 0.6 is 0 Å². The van der Waals surface area contributed by atoms with Crippen molar-refractivity contribution in [3.05, 3.63) is 23.5 Å². The number of nitrogen functional groups attached to an aromatic ring is 1. The fourth-order valence-electron chi connectivity index (χ4n) is 1.42. The predicted octanol–water partition coefficient (Wildman–Crippen LogP) is 2.20. The highest BCUT2D eigenvalue weighted by molar-refractivity contribution is 5.45. The molecule has 4 nitrogen and oxygen atoms in total. The SMILES string of the molecule is C/C=C/COc1nc(C2CC2)nc(N)c1C. The van der Waals surface area contributed by atoms with Crippen LogP contribution in [0.25, 0.3) is 0 Å². The first-order chi connectivity index (χ1) is 7.72. The molecule has 86 valence electrons. The van der Waals surface area contributed by atoms with Crippen LogP contribution in [-0.2, 0) is 0 Å². The monoisotopic (exact) mass is 219 g/mol. The first kappa shape index (κ1) is 10.9. The van der Waals surface area contributed by atoms with E-state index >= 15 is 0 Å². The van der Waals surface area contributed by atoms with Gasteiger partial charge in [-0.25, -0.2) is 4.98 Å². The zero-order chi connectivity index (χ0) is 11.5. The molecule has 2 N–H and O–H groups in total. The minimum absolute atomic E-state index is 0.493. The van der Waals surface area contributed by atoms with E-state index in [0.717, 1.165) is 24.2 Å². The molecule has 0 aromatic carbocycles. The van der Waals surface area contributed by atoms with Crippen molar-refractivity contribution in [3.63, 3.8) is 0 Å². The normalized spacial score (nSPS) is 15.6. The molecule has 1 saturated carbocycles. The van der Waals surface area contributed by atoms with Crippen LogP contribution in [0, 0.1) is 6.92 Å². The second-order valence-corrected chi connectivity index (χ2v) is 4.05. The molecule has 1 aromatic rings. The van der Waals surface area contributed by atoms with Gasteiger partial charge in [0.1, 0.15) is 18.2 Å². The Hall–Kier alpha value is -1.58. The molecule has 1 aliphatic carbocycles. The highest BCUT2D eigenvalue weighted by atomic mass is 16.5. The van der Waals surface area contributed by atoms with E-state index in [1.807, 2.05) is 26.0 Å². The van der Waals surface area contributed by atoms with E-state index in [0.29, 0.717) is 24.2 Å². The third-order valence-electron chi connectivity index (χ3n) is 2.65. The van der Waals surface area contributed by atoms with Gasteiger partial charge in [-0.3, -0.25) is 0 Å². The Morgan fingerprint density at radius 2 is 2.19 bits per heavy atom. The van der Waals surface area contributed by atoms with E-state index in [9.17, 15) is 0 Å². The Morgan fingerprint density at radius 1 is 1.44 bits per heavy atom. The maximum Gasteiger partial charge on any atom is 0.222 e. The van der Waals surface area contributed by atoms with Gasteiger partial charge in [-0.2, -0.15) is 4.98 Å². The van der Waals surface area contributed by atoms with E-state index < -0.39 is 0 Å². The molecule has 1 aromatic heterocycles. The van der Waals surface area contributed by atoms with Gasteiger partial charge in [0.2, 0.25) is 5.88 Å². The molecule has 4 heteroatoms. The van der Waals surface area contributed by atoms with Crippen molar-refractivity contribution in [2.45, 2.75) is 32.6 Å². The van der Waals surface area contributed by atoms with Gasteiger partial charge >= 0.3 is 0 Å². The lowest BCUT2D eigenvalue weighted by molar-refractivity contribution is 0.343. The summed E-state index contributed by atoms with van der Waals surface area (Å²) in [6, 6.07) is 0. The van der Waals surface area contributed by atoms with Crippen molar-refractivity contribution in [3.8, 4) is 5.88 Å². The zero-order valence-corrected chi connectivity index (χ0v) is 9.73. The molecule has 2 rings (SSSR count). The fourth-order valence-corrected chi connectivity index (χ4v) is 1.42. The molecule has 0 aliphatic heterocycles.